The molecule has 1 nitrogen and oxygen atoms in total. The van der Waals surface area contributed by atoms with Gasteiger partial charge in [0.05, 0.1) is 10.7 Å². The van der Waals surface area contributed by atoms with Gasteiger partial charge >= 0.3 is 0 Å². The van der Waals surface area contributed by atoms with E-state index in [9.17, 15) is 4.39 Å². The maximum absolute atomic E-state index is 12.6. The van der Waals surface area contributed by atoms with Crippen LogP contribution >= 0.6 is 11.6 Å². The zero-order valence-electron chi connectivity index (χ0n) is 7.93. The molecule has 1 aromatic rings. The topological polar surface area (TPSA) is 12.4 Å². The first-order chi connectivity index (χ1) is 6.65. The lowest BCUT2D eigenvalue weighted by Gasteiger charge is -2.03. The third kappa shape index (κ3) is 2.67. The van der Waals surface area contributed by atoms with Crippen molar-refractivity contribution in [3.63, 3.8) is 0 Å². The van der Waals surface area contributed by atoms with Gasteiger partial charge in [-0.2, -0.15) is 0 Å². The van der Waals surface area contributed by atoms with E-state index in [1.165, 1.54) is 12.1 Å². The molecule has 0 unspecified atom stereocenters. The molecule has 0 aliphatic heterocycles. The first-order valence-corrected chi connectivity index (χ1v) is 4.68. The van der Waals surface area contributed by atoms with E-state index in [0.717, 1.165) is 5.56 Å². The zero-order chi connectivity index (χ0) is 10.6. The summed E-state index contributed by atoms with van der Waals surface area (Å²) in [6, 6.07) is 6.02. The molecule has 1 aromatic carbocycles. The van der Waals surface area contributed by atoms with Crippen molar-refractivity contribution in [2.75, 3.05) is 6.54 Å². The molecular formula is C11H11ClFN. The average molecular weight is 212 g/mol. The van der Waals surface area contributed by atoms with Gasteiger partial charge in [-0.05, 0) is 31.2 Å². The van der Waals surface area contributed by atoms with Crippen molar-refractivity contribution in [1.29, 1.82) is 0 Å². The van der Waals surface area contributed by atoms with E-state index in [2.05, 4.69) is 11.6 Å². The van der Waals surface area contributed by atoms with Gasteiger partial charge in [0.1, 0.15) is 5.82 Å². The molecule has 0 heterocycles. The smallest absolute Gasteiger partial charge is 0.123 e. The monoisotopic (exact) mass is 211 g/mol. The fraction of sp³-hybridized carbons (Fsp3) is 0.182. The van der Waals surface area contributed by atoms with E-state index in [0.29, 0.717) is 17.3 Å². The lowest BCUT2D eigenvalue weighted by Crippen LogP contribution is -2.01. The summed E-state index contributed by atoms with van der Waals surface area (Å²) >= 11 is 5.78. The first kappa shape index (κ1) is 10.9. The zero-order valence-corrected chi connectivity index (χ0v) is 8.68. The summed E-state index contributed by atoms with van der Waals surface area (Å²) in [6.45, 7) is 6.14. The van der Waals surface area contributed by atoms with Crippen molar-refractivity contribution >= 4 is 17.3 Å². The highest BCUT2D eigenvalue weighted by atomic mass is 35.5. The Balaban J connectivity index is 3.06. The summed E-state index contributed by atoms with van der Waals surface area (Å²) in [6.07, 6.45) is 0. The molecule has 0 fully saturated rings. The Bertz CT molecular complexity index is 354. The molecule has 0 aliphatic rings. The second kappa shape index (κ2) is 4.91. The molecule has 0 saturated carbocycles. The van der Waals surface area contributed by atoms with Crippen molar-refractivity contribution in [2.24, 2.45) is 4.99 Å². The van der Waals surface area contributed by atoms with Gasteiger partial charge in [0, 0.05) is 12.1 Å². The average Bonchev–Trinajstić information content (AvgIpc) is 2.15. The Morgan fingerprint density at radius 1 is 1.43 bits per heavy atom. The maximum Gasteiger partial charge on any atom is 0.123 e. The molecule has 0 aliphatic carbocycles. The lowest BCUT2D eigenvalue weighted by atomic mass is 10.1. The summed E-state index contributed by atoms with van der Waals surface area (Å²) in [4.78, 5) is 4.19. The number of nitrogens with zero attached hydrogens (tertiary/aromatic N) is 1. The van der Waals surface area contributed by atoms with Gasteiger partial charge in [0.25, 0.3) is 0 Å². The fourth-order valence-corrected chi connectivity index (χ4v) is 1.27. The molecule has 0 amide bonds. The van der Waals surface area contributed by atoms with Gasteiger partial charge in [-0.25, -0.2) is 4.39 Å². The molecule has 74 valence electrons. The van der Waals surface area contributed by atoms with Crippen molar-refractivity contribution < 1.29 is 4.39 Å². The summed E-state index contributed by atoms with van der Waals surface area (Å²) in [5.41, 5.74) is 1.41. The number of hydrogen-bond donors (Lipinski definition) is 0. The minimum absolute atomic E-state index is 0.273. The van der Waals surface area contributed by atoms with Gasteiger partial charge in [0.2, 0.25) is 0 Å². The third-order valence-electron chi connectivity index (χ3n) is 1.69. The van der Waals surface area contributed by atoms with Gasteiger partial charge in [-0.15, -0.1) is 0 Å². The number of halogens is 2. The predicted molar refractivity (Wildman–Crippen MR) is 58.5 cm³/mol. The lowest BCUT2D eigenvalue weighted by molar-refractivity contribution is 0.628. The number of rotatable bonds is 3. The molecule has 0 bridgehead atoms. The molecule has 0 aromatic heterocycles. The minimum Gasteiger partial charge on any atom is -0.283 e. The number of hydrogen-bond acceptors (Lipinski definition) is 1. The van der Waals surface area contributed by atoms with Crippen LogP contribution in [-0.4, -0.2) is 12.3 Å². The van der Waals surface area contributed by atoms with Crippen LogP contribution in [0.5, 0.6) is 0 Å². The molecule has 0 atom stereocenters. The van der Waals surface area contributed by atoms with E-state index in [1.807, 2.05) is 6.92 Å². The summed E-state index contributed by atoms with van der Waals surface area (Å²) < 4.78 is 12.6. The van der Waals surface area contributed by atoms with Crippen LogP contribution in [0.2, 0.25) is 0 Å². The quantitative estimate of drug-likeness (QED) is 0.680. The van der Waals surface area contributed by atoms with E-state index in [1.54, 1.807) is 12.1 Å². The first-order valence-electron chi connectivity index (χ1n) is 4.30. The molecule has 3 heteroatoms. The van der Waals surface area contributed by atoms with E-state index < -0.39 is 0 Å². The Kier molecular flexibility index (Phi) is 3.84. The molecular weight excluding hydrogens is 201 g/mol. The van der Waals surface area contributed by atoms with Crippen LogP contribution in [0.25, 0.3) is 0 Å². The molecule has 14 heavy (non-hydrogen) atoms. The van der Waals surface area contributed by atoms with Crippen LogP contribution < -0.4 is 0 Å². The second-order valence-electron chi connectivity index (χ2n) is 2.73. The number of benzene rings is 1. The van der Waals surface area contributed by atoms with Crippen LogP contribution in [-0.2, 0) is 0 Å². The fourth-order valence-electron chi connectivity index (χ4n) is 1.10. The minimum atomic E-state index is -0.273. The Hall–Kier alpha value is -1.15. The molecule has 0 spiro atoms. The summed E-state index contributed by atoms with van der Waals surface area (Å²) in [5.74, 6) is -0.273. The molecule has 0 radical (unpaired) electrons. The van der Waals surface area contributed by atoms with Gasteiger partial charge in [-0.3, -0.25) is 4.99 Å². The van der Waals surface area contributed by atoms with Gasteiger partial charge in [-0.1, -0.05) is 18.2 Å². The largest absolute Gasteiger partial charge is 0.283 e. The predicted octanol–water partition coefficient (Wildman–Crippen LogP) is 3.39. The van der Waals surface area contributed by atoms with Crippen molar-refractivity contribution in [3.05, 3.63) is 47.3 Å². The van der Waals surface area contributed by atoms with E-state index >= 15 is 0 Å². The van der Waals surface area contributed by atoms with Crippen molar-refractivity contribution in [1.82, 2.24) is 0 Å². The van der Waals surface area contributed by atoms with Crippen LogP contribution in [0.1, 0.15) is 12.5 Å². The standard InChI is InChI=1S/C11H11ClFN/c1-3-14-11(8(2)12)9-4-6-10(13)7-5-9/h4-7H,2-3H2,1H3. The van der Waals surface area contributed by atoms with E-state index in [4.69, 9.17) is 11.6 Å². The Labute approximate surface area is 87.9 Å². The van der Waals surface area contributed by atoms with Gasteiger partial charge in [0.15, 0.2) is 0 Å². The van der Waals surface area contributed by atoms with Crippen LogP contribution in [0.15, 0.2) is 40.9 Å². The SMILES string of the molecule is C=C(Cl)C(=NCC)c1ccc(F)cc1. The summed E-state index contributed by atoms with van der Waals surface area (Å²) in [7, 11) is 0. The molecule has 0 saturated heterocycles. The highest BCUT2D eigenvalue weighted by molar-refractivity contribution is 6.46. The maximum atomic E-state index is 12.6. The second-order valence-corrected chi connectivity index (χ2v) is 3.19. The highest BCUT2D eigenvalue weighted by Gasteiger charge is 2.04. The Morgan fingerprint density at radius 3 is 2.43 bits per heavy atom. The number of allylic oxidation sites excluding steroid dienone is 1. The highest BCUT2D eigenvalue weighted by Crippen LogP contribution is 2.12. The normalized spacial score (nSPS) is 11.5. The van der Waals surface area contributed by atoms with E-state index in [-0.39, 0.29) is 5.82 Å². The molecule has 0 N–H and O–H groups in total. The number of aliphatic imine (C=N–C) groups is 1. The van der Waals surface area contributed by atoms with Crippen LogP contribution in [0, 0.1) is 5.82 Å². The molecule has 1 rings (SSSR count). The van der Waals surface area contributed by atoms with Crippen LogP contribution in [0.4, 0.5) is 4.39 Å². The van der Waals surface area contributed by atoms with Crippen LogP contribution in [0.3, 0.4) is 0 Å². The third-order valence-corrected chi connectivity index (χ3v) is 1.87. The van der Waals surface area contributed by atoms with Crippen molar-refractivity contribution in [2.45, 2.75) is 6.92 Å². The Morgan fingerprint density at radius 2 is 2.00 bits per heavy atom. The van der Waals surface area contributed by atoms with Gasteiger partial charge < -0.3 is 0 Å². The van der Waals surface area contributed by atoms with Crippen molar-refractivity contribution in [3.8, 4) is 0 Å². The summed E-state index contributed by atoms with van der Waals surface area (Å²) in [5, 5.41) is 0.374.